The Morgan fingerprint density at radius 1 is 0.429 bits per heavy atom. The Kier molecular flexibility index (Phi) is 23.8. The molecule has 0 amide bonds. The van der Waals surface area contributed by atoms with E-state index >= 15 is 0 Å². The summed E-state index contributed by atoms with van der Waals surface area (Å²) < 4.78 is 35.0. The summed E-state index contributed by atoms with van der Waals surface area (Å²) in [5, 5.41) is 0. The van der Waals surface area contributed by atoms with Crippen LogP contribution < -0.4 is 0 Å². The van der Waals surface area contributed by atoms with Gasteiger partial charge in [-0.25, -0.2) is 0 Å². The van der Waals surface area contributed by atoms with Crippen LogP contribution in [0.15, 0.2) is 0 Å². The molecule has 0 spiro atoms. The summed E-state index contributed by atoms with van der Waals surface area (Å²) in [5.74, 6) is 2.90. The van der Waals surface area contributed by atoms with Crippen LogP contribution >= 0.6 is 35.3 Å². The molecule has 0 aliphatic heterocycles. The van der Waals surface area contributed by atoms with E-state index < -0.39 is 7.32 Å². The van der Waals surface area contributed by atoms with E-state index in [0.29, 0.717) is 59.5 Å². The number of ether oxygens (including phenoxy) is 3. The van der Waals surface area contributed by atoms with Crippen LogP contribution in [0.25, 0.3) is 0 Å². The van der Waals surface area contributed by atoms with Gasteiger partial charge in [0.2, 0.25) is 0 Å². The molecular weight excluding hydrogens is 502 g/mol. The van der Waals surface area contributed by atoms with Crippen molar-refractivity contribution in [2.24, 2.45) is 0 Å². The highest BCUT2D eigenvalue weighted by atomic mass is 32.2. The summed E-state index contributed by atoms with van der Waals surface area (Å²) >= 11 is 5.68. The molecule has 0 rings (SSSR count). The predicted molar refractivity (Wildman–Crippen MR) is 158 cm³/mol. The zero-order chi connectivity index (χ0) is 25.9. The minimum absolute atomic E-state index is 0. The maximum Gasteiger partial charge on any atom is 0.639 e. The second-order valence-corrected chi connectivity index (χ2v) is 16.4. The molecule has 0 saturated carbocycles. The van der Waals surface area contributed by atoms with Crippen molar-refractivity contribution in [1.29, 1.82) is 0 Å². The van der Waals surface area contributed by atoms with E-state index in [1.807, 2.05) is 35.3 Å². The van der Waals surface area contributed by atoms with E-state index in [1.165, 1.54) is 0 Å². The fourth-order valence-corrected chi connectivity index (χ4v) is 4.72. The highest BCUT2D eigenvalue weighted by Gasteiger charge is 2.21. The van der Waals surface area contributed by atoms with Gasteiger partial charge < -0.3 is 28.2 Å². The summed E-state index contributed by atoms with van der Waals surface area (Å²) in [6.45, 7) is 24.8. The first-order valence-corrected chi connectivity index (χ1v) is 15.2. The molecule has 0 heterocycles. The van der Waals surface area contributed by atoms with Crippen LogP contribution in [0.5, 0.6) is 0 Å². The van der Waals surface area contributed by atoms with Crippen LogP contribution in [0.1, 0.15) is 62.3 Å². The molecule has 0 aromatic heterocycles. The predicted octanol–water partition coefficient (Wildman–Crippen LogP) is 5.29. The minimum atomic E-state index is -0.743. The molecular formula is C24H51B2O6S3. The lowest BCUT2D eigenvalue weighted by Gasteiger charge is -2.18. The third-order valence-electron chi connectivity index (χ3n) is 3.73. The minimum Gasteiger partial charge on any atom is -0.383 e. The Morgan fingerprint density at radius 2 is 0.686 bits per heavy atom. The molecule has 0 bridgehead atoms. The van der Waals surface area contributed by atoms with Crippen LogP contribution in [-0.4, -0.2) is 107 Å². The lowest BCUT2D eigenvalue weighted by Crippen LogP contribution is -2.31. The first-order valence-electron chi connectivity index (χ1n) is 12.3. The van der Waals surface area contributed by atoms with Gasteiger partial charge in [0.15, 0.2) is 0 Å². The third-order valence-corrected chi connectivity index (χ3v) is 7.44. The van der Waals surface area contributed by atoms with Crippen molar-refractivity contribution in [3.63, 3.8) is 0 Å². The summed E-state index contributed by atoms with van der Waals surface area (Å²) in [4.78, 5) is 0. The first kappa shape index (κ1) is 38.1. The van der Waals surface area contributed by atoms with Crippen molar-refractivity contribution >= 4 is 51.0 Å². The van der Waals surface area contributed by atoms with Crippen LogP contribution in [0.4, 0.5) is 0 Å². The Morgan fingerprint density at radius 3 is 0.914 bits per heavy atom. The number of hydrogen-bond acceptors (Lipinski definition) is 9. The standard InChI is InChI=1S/C24H51BO6S3.B/c1-22(2,3)32-19-16-26-10-13-29-25(30-14-11-27-17-20-33-23(4,5)6)31-15-12-28-18-21-34-24(7,8)9;/h10-21H2,1-9H3;. The smallest absolute Gasteiger partial charge is 0.383 e. The van der Waals surface area contributed by atoms with E-state index in [2.05, 4.69) is 62.3 Å². The van der Waals surface area contributed by atoms with Gasteiger partial charge in [-0.15, -0.1) is 0 Å². The third kappa shape index (κ3) is 32.9. The average molecular weight is 553 g/mol. The molecule has 3 radical (unpaired) electrons. The molecule has 0 fully saturated rings. The van der Waals surface area contributed by atoms with Gasteiger partial charge in [-0.2, -0.15) is 35.3 Å². The molecule has 0 N–H and O–H groups in total. The highest BCUT2D eigenvalue weighted by molar-refractivity contribution is 8.01. The maximum atomic E-state index is 5.74. The van der Waals surface area contributed by atoms with Gasteiger partial charge in [0.05, 0.1) is 59.5 Å². The molecule has 0 aliphatic carbocycles. The van der Waals surface area contributed by atoms with Crippen molar-refractivity contribution in [2.75, 3.05) is 76.7 Å². The van der Waals surface area contributed by atoms with Gasteiger partial charge in [-0.3, -0.25) is 0 Å². The van der Waals surface area contributed by atoms with Crippen LogP contribution in [0.2, 0.25) is 0 Å². The van der Waals surface area contributed by atoms with Crippen molar-refractivity contribution in [1.82, 2.24) is 0 Å². The van der Waals surface area contributed by atoms with E-state index in [4.69, 9.17) is 28.2 Å². The molecule has 0 aromatic carbocycles. The monoisotopic (exact) mass is 553 g/mol. The zero-order valence-corrected chi connectivity index (χ0v) is 26.3. The zero-order valence-electron chi connectivity index (χ0n) is 23.8. The fourth-order valence-electron chi connectivity index (χ4n) is 2.28. The molecule has 207 valence electrons. The summed E-state index contributed by atoms with van der Waals surface area (Å²) in [5.41, 5.74) is 0. The Bertz CT molecular complexity index is 405. The summed E-state index contributed by atoms with van der Waals surface area (Å²) in [7, 11) is -0.743. The average Bonchev–Trinajstić information content (AvgIpc) is 2.68. The summed E-state index contributed by atoms with van der Waals surface area (Å²) in [6.07, 6.45) is 0. The second kappa shape index (κ2) is 21.8. The highest BCUT2D eigenvalue weighted by Crippen LogP contribution is 2.23. The van der Waals surface area contributed by atoms with Crippen molar-refractivity contribution in [3.05, 3.63) is 0 Å². The molecule has 35 heavy (non-hydrogen) atoms. The van der Waals surface area contributed by atoms with Crippen LogP contribution in [0.3, 0.4) is 0 Å². The largest absolute Gasteiger partial charge is 0.639 e. The van der Waals surface area contributed by atoms with Gasteiger partial charge in [0, 0.05) is 39.9 Å². The topological polar surface area (TPSA) is 55.4 Å². The van der Waals surface area contributed by atoms with Gasteiger partial charge in [0.1, 0.15) is 0 Å². The van der Waals surface area contributed by atoms with Crippen molar-refractivity contribution in [3.8, 4) is 0 Å². The lowest BCUT2D eigenvalue weighted by molar-refractivity contribution is 0.0248. The van der Waals surface area contributed by atoms with Gasteiger partial charge >= 0.3 is 7.32 Å². The Balaban J connectivity index is 0. The molecule has 6 nitrogen and oxygen atoms in total. The fraction of sp³-hybridized carbons (Fsp3) is 1.00. The molecule has 0 aliphatic rings. The van der Waals surface area contributed by atoms with Gasteiger partial charge in [-0.05, 0) is 0 Å². The molecule has 0 unspecified atom stereocenters. The van der Waals surface area contributed by atoms with Crippen LogP contribution in [-0.2, 0) is 28.2 Å². The van der Waals surface area contributed by atoms with E-state index in [0.717, 1.165) is 17.3 Å². The quantitative estimate of drug-likeness (QED) is 0.140. The van der Waals surface area contributed by atoms with Crippen molar-refractivity contribution in [2.45, 2.75) is 76.6 Å². The molecule has 0 saturated heterocycles. The SMILES string of the molecule is CC(C)(C)SCCOCCOB(OCCOCCSC(C)(C)C)OCCOCCSC(C)(C)C.[B]. The van der Waals surface area contributed by atoms with Gasteiger partial charge in [0.25, 0.3) is 0 Å². The lowest BCUT2D eigenvalue weighted by atomic mass is 10.2. The Labute approximate surface area is 231 Å². The number of rotatable bonds is 21. The first-order chi connectivity index (χ1) is 15.8. The summed E-state index contributed by atoms with van der Waals surface area (Å²) in [6, 6.07) is 0. The second-order valence-electron chi connectivity index (χ2n) is 10.6. The van der Waals surface area contributed by atoms with Crippen LogP contribution in [0, 0.1) is 0 Å². The molecule has 0 atom stereocenters. The molecule has 0 aromatic rings. The maximum absolute atomic E-state index is 5.74. The number of hydrogen-bond donors (Lipinski definition) is 0. The normalized spacial score (nSPS) is 12.6. The molecule has 11 heteroatoms. The van der Waals surface area contributed by atoms with E-state index in [-0.39, 0.29) is 22.7 Å². The Hall–Kier alpha value is 0.940. The van der Waals surface area contributed by atoms with E-state index in [9.17, 15) is 0 Å². The van der Waals surface area contributed by atoms with Gasteiger partial charge in [-0.1, -0.05) is 62.3 Å². The van der Waals surface area contributed by atoms with Crippen molar-refractivity contribution < 1.29 is 28.2 Å². The number of thioether (sulfide) groups is 3. The van der Waals surface area contributed by atoms with E-state index in [1.54, 1.807) is 0 Å².